The number of thiophene rings is 1. The third-order valence-corrected chi connectivity index (χ3v) is 12.2. The van der Waals surface area contributed by atoms with Gasteiger partial charge in [0, 0.05) is 28.8 Å². The summed E-state index contributed by atoms with van der Waals surface area (Å²) in [5.74, 6) is -0.568. The molecule has 4 aliphatic rings. The number of alkyl halides is 2. The average Bonchev–Trinajstić information content (AvgIpc) is 3.89. The number of aromatic amines is 1. The molecule has 3 saturated heterocycles. The second kappa shape index (κ2) is 18.4. The van der Waals surface area contributed by atoms with Crippen LogP contribution in [0.4, 0.5) is 8.78 Å². The summed E-state index contributed by atoms with van der Waals surface area (Å²) in [6.45, 7) is 1.17. The van der Waals surface area contributed by atoms with E-state index in [4.69, 9.17) is 42.1 Å². The number of fused-ring (bicyclic) bond motifs is 3. The minimum absolute atomic E-state index is 0. The number of nitrogens with one attached hydrogen (secondary N) is 2. The number of nitrogens with zero attached hydrogens (tertiary/aromatic N) is 1. The zero-order chi connectivity index (χ0) is 37.7. The summed E-state index contributed by atoms with van der Waals surface area (Å²) in [7, 11) is 0. The van der Waals surface area contributed by atoms with E-state index in [1.165, 1.54) is 17.4 Å². The van der Waals surface area contributed by atoms with Crippen LogP contribution in [-0.4, -0.2) is 61.8 Å². The molecule has 15 heteroatoms. The molecule has 3 N–H and O–H groups in total. The van der Waals surface area contributed by atoms with Crippen LogP contribution in [0.25, 0.3) is 0 Å². The number of carbonyl (C=O) groups excluding carboxylic acids is 2. The SMILES string of the molecule is O=C(O[C@@H](Cc1c(Cl)c[nH+]cc1Cl)c1ccc(OC(F)F)c(OCC2CC2)c1)c1ccc(CNC(C(=O)OCC23CCN(CC2)CC3)c2ccccc2)s1.[OH-]. The average molecular weight is 819 g/mol. The zero-order valence-corrected chi connectivity index (χ0v) is 32.3. The van der Waals surface area contributed by atoms with E-state index in [9.17, 15) is 18.4 Å². The highest BCUT2D eigenvalue weighted by Crippen LogP contribution is 2.41. The lowest BCUT2D eigenvalue weighted by Gasteiger charge is -2.48. The highest BCUT2D eigenvalue weighted by molar-refractivity contribution is 7.13. The van der Waals surface area contributed by atoms with Gasteiger partial charge in [-0.25, -0.2) is 14.6 Å². The van der Waals surface area contributed by atoms with Gasteiger partial charge < -0.3 is 29.3 Å². The van der Waals surface area contributed by atoms with E-state index >= 15 is 0 Å². The summed E-state index contributed by atoms with van der Waals surface area (Å²) in [6, 6.07) is 16.7. The second-order valence-electron chi connectivity index (χ2n) is 14.3. The molecule has 8 rings (SSSR count). The van der Waals surface area contributed by atoms with Gasteiger partial charge in [0.15, 0.2) is 23.9 Å². The first-order valence-corrected chi connectivity index (χ1v) is 19.7. The molecular weight excluding hydrogens is 775 g/mol. The molecule has 0 spiro atoms. The van der Waals surface area contributed by atoms with Crippen LogP contribution >= 0.6 is 34.5 Å². The number of benzene rings is 2. The molecule has 10 nitrogen and oxygen atoms in total. The number of hydrogen-bond acceptors (Lipinski definition) is 10. The van der Waals surface area contributed by atoms with Crippen molar-refractivity contribution in [1.82, 2.24) is 10.2 Å². The summed E-state index contributed by atoms with van der Waals surface area (Å²) in [4.78, 5) is 33.8. The molecule has 1 unspecified atom stereocenters. The molecule has 1 aliphatic carbocycles. The molecule has 0 radical (unpaired) electrons. The maximum absolute atomic E-state index is 13.8. The van der Waals surface area contributed by atoms with E-state index in [0.29, 0.717) is 51.7 Å². The summed E-state index contributed by atoms with van der Waals surface area (Å²) in [6.07, 6.45) is 7.43. The Morgan fingerprint density at radius 1 is 0.945 bits per heavy atom. The van der Waals surface area contributed by atoms with Crippen LogP contribution in [0, 0.1) is 11.3 Å². The van der Waals surface area contributed by atoms with Crippen molar-refractivity contribution >= 4 is 46.5 Å². The van der Waals surface area contributed by atoms with Crippen LogP contribution in [0.15, 0.2) is 73.1 Å². The summed E-state index contributed by atoms with van der Waals surface area (Å²) in [5.41, 5.74) is 1.86. The first-order chi connectivity index (χ1) is 26.1. The van der Waals surface area contributed by atoms with Gasteiger partial charge >= 0.3 is 18.6 Å². The van der Waals surface area contributed by atoms with Crippen LogP contribution in [0.5, 0.6) is 11.5 Å². The van der Waals surface area contributed by atoms with Gasteiger partial charge in [-0.15, -0.1) is 11.3 Å². The van der Waals surface area contributed by atoms with Gasteiger partial charge in [0.05, 0.1) is 13.2 Å². The molecule has 2 aromatic heterocycles. The van der Waals surface area contributed by atoms with Crippen molar-refractivity contribution in [2.45, 2.75) is 63.8 Å². The van der Waals surface area contributed by atoms with Crippen LogP contribution in [0.2, 0.25) is 10.0 Å². The van der Waals surface area contributed by atoms with E-state index < -0.39 is 24.7 Å². The molecule has 4 aromatic rings. The first kappa shape index (κ1) is 40.8. The Labute approximate surface area is 332 Å². The van der Waals surface area contributed by atoms with Gasteiger partial charge in [0.1, 0.15) is 27.1 Å². The third-order valence-electron chi connectivity index (χ3n) is 10.5. The maximum Gasteiger partial charge on any atom is 0.387 e. The largest absolute Gasteiger partial charge is 0.870 e. The minimum Gasteiger partial charge on any atom is -0.870 e. The van der Waals surface area contributed by atoms with E-state index in [-0.39, 0.29) is 34.8 Å². The Kier molecular flexibility index (Phi) is 13.6. The molecule has 2 atom stereocenters. The number of halogens is 4. The van der Waals surface area contributed by atoms with Crippen molar-refractivity contribution in [1.29, 1.82) is 0 Å². The molecule has 1 saturated carbocycles. The van der Waals surface area contributed by atoms with Gasteiger partial charge in [0.2, 0.25) is 0 Å². The monoisotopic (exact) mass is 817 g/mol. The Bertz CT molecular complexity index is 1890. The topological polar surface area (TPSA) is 130 Å². The van der Waals surface area contributed by atoms with Gasteiger partial charge in [-0.05, 0) is 93.0 Å². The number of piperidine rings is 3. The van der Waals surface area contributed by atoms with E-state index in [2.05, 4.69) is 15.2 Å². The molecule has 5 heterocycles. The fourth-order valence-electron chi connectivity index (χ4n) is 6.98. The molecule has 294 valence electrons. The van der Waals surface area contributed by atoms with Crippen molar-refractivity contribution in [3.05, 3.63) is 110 Å². The molecule has 2 aromatic carbocycles. The quantitative estimate of drug-likeness (QED) is 0.105. The minimum atomic E-state index is -3.04. The van der Waals surface area contributed by atoms with Crippen molar-refractivity contribution in [3.63, 3.8) is 0 Å². The van der Waals surface area contributed by atoms with Gasteiger partial charge in [-0.1, -0.05) is 59.6 Å². The molecule has 55 heavy (non-hydrogen) atoms. The maximum atomic E-state index is 13.8. The lowest BCUT2D eigenvalue weighted by molar-refractivity contribution is -0.377. The normalized spacial score (nSPS) is 20.0. The lowest BCUT2D eigenvalue weighted by Crippen LogP contribution is -2.50. The smallest absolute Gasteiger partial charge is 0.387 e. The number of ether oxygens (including phenoxy) is 4. The van der Waals surface area contributed by atoms with E-state index in [1.807, 2.05) is 36.4 Å². The van der Waals surface area contributed by atoms with E-state index in [1.54, 1.807) is 30.6 Å². The van der Waals surface area contributed by atoms with E-state index in [0.717, 1.165) is 62.2 Å². The first-order valence-electron chi connectivity index (χ1n) is 18.2. The number of pyridine rings is 1. The van der Waals surface area contributed by atoms with Crippen molar-refractivity contribution < 1.29 is 47.8 Å². The highest BCUT2D eigenvalue weighted by Gasteiger charge is 2.41. The van der Waals surface area contributed by atoms with Crippen LogP contribution in [0.3, 0.4) is 0 Å². The summed E-state index contributed by atoms with van der Waals surface area (Å²) in [5, 5.41) is 4.04. The Morgan fingerprint density at radius 2 is 1.65 bits per heavy atom. The van der Waals surface area contributed by atoms with Crippen LogP contribution in [0.1, 0.15) is 75.5 Å². The number of hydrogen-bond donors (Lipinski definition) is 1. The van der Waals surface area contributed by atoms with Gasteiger partial charge in [0.25, 0.3) is 0 Å². The Hall–Kier alpha value is -3.85. The predicted molar refractivity (Wildman–Crippen MR) is 202 cm³/mol. The van der Waals surface area contributed by atoms with Crippen molar-refractivity contribution in [3.8, 4) is 11.5 Å². The molecule has 3 aliphatic heterocycles. The highest BCUT2D eigenvalue weighted by atomic mass is 35.5. The van der Waals surface area contributed by atoms with Crippen molar-refractivity contribution in [2.24, 2.45) is 11.3 Å². The number of carbonyl (C=O) groups is 2. The fourth-order valence-corrected chi connectivity index (χ4v) is 8.36. The Balaban J connectivity index is 0.00000514. The second-order valence-corrected chi connectivity index (χ2v) is 16.2. The number of rotatable bonds is 17. The van der Waals surface area contributed by atoms with Gasteiger partial charge in [-0.3, -0.25) is 5.32 Å². The molecule has 0 amide bonds. The number of H-pyrrole nitrogens is 1. The van der Waals surface area contributed by atoms with Gasteiger partial charge in [-0.2, -0.15) is 8.78 Å². The standard InChI is InChI=1S/C40H41Cl2F2N3O6S.H2O/c41-30-21-45-22-31(42)29(30)19-33(27-8-10-32(53-39(43)44)34(18-27)50-23-25-6-7-25)52-37(48)35-11-9-28(54-35)20-46-36(26-4-2-1-3-5-26)38(49)51-24-40-12-15-47(16-13-40)17-14-40;/h1-5,8-11,18,21-22,25,33,36,39,46H,6-7,12-17,19-20,23-24H2;1H2/t33-,36?;/m0./s1. The summed E-state index contributed by atoms with van der Waals surface area (Å²) >= 11 is 14.2. The fraction of sp³-hybridized carbons (Fsp3) is 0.425. The Morgan fingerprint density at radius 3 is 2.33 bits per heavy atom. The lowest BCUT2D eigenvalue weighted by atomic mass is 9.73. The third kappa shape index (κ3) is 10.5. The van der Waals surface area contributed by atoms with Crippen LogP contribution in [-0.2, 0) is 27.2 Å². The predicted octanol–water partition coefficient (Wildman–Crippen LogP) is 8.08. The van der Waals surface area contributed by atoms with Crippen molar-refractivity contribution in [2.75, 3.05) is 32.8 Å². The number of esters is 2. The van der Waals surface area contributed by atoms with Crippen LogP contribution < -0.4 is 19.8 Å². The number of aromatic nitrogens is 1. The zero-order valence-electron chi connectivity index (χ0n) is 30.0. The molecule has 4 fully saturated rings. The molecular formula is C40H43Cl2F2N3O7S. The summed E-state index contributed by atoms with van der Waals surface area (Å²) < 4.78 is 49.3. The molecule has 2 bridgehead atoms.